The number of halogens is 2. The largest absolute Gasteiger partial charge is 1.00 e. The molecule has 0 amide bonds. The molecule has 0 spiro atoms. The summed E-state index contributed by atoms with van der Waals surface area (Å²) in [7, 11) is 0. The van der Waals surface area contributed by atoms with Gasteiger partial charge in [-0.15, -0.1) is 0 Å². The molecule has 0 saturated heterocycles. The molecular formula is C34H30Cl2Zr. The van der Waals surface area contributed by atoms with Crippen LogP contribution in [-0.4, -0.2) is 3.21 Å². The van der Waals surface area contributed by atoms with Crippen molar-refractivity contribution in [2.75, 3.05) is 0 Å². The summed E-state index contributed by atoms with van der Waals surface area (Å²) in [6.45, 7) is 2.29. The van der Waals surface area contributed by atoms with E-state index in [0.717, 1.165) is 12.8 Å². The summed E-state index contributed by atoms with van der Waals surface area (Å²) in [6.07, 6.45) is 9.66. The molecule has 0 bridgehead atoms. The van der Waals surface area contributed by atoms with Crippen molar-refractivity contribution in [2.45, 2.75) is 32.6 Å². The fourth-order valence-electron chi connectivity index (χ4n) is 5.74. The van der Waals surface area contributed by atoms with Crippen molar-refractivity contribution < 1.29 is 46.1 Å². The van der Waals surface area contributed by atoms with Crippen LogP contribution in [0.1, 0.15) is 48.4 Å². The minimum atomic E-state index is -2.54. The molecule has 0 heterocycles. The zero-order valence-electron chi connectivity index (χ0n) is 21.1. The van der Waals surface area contributed by atoms with E-state index in [2.05, 4.69) is 122 Å². The Morgan fingerprint density at radius 1 is 0.703 bits per heavy atom. The average molecular weight is 601 g/mol. The van der Waals surface area contributed by atoms with Crippen molar-refractivity contribution >= 4 is 6.48 Å². The van der Waals surface area contributed by atoms with E-state index in [4.69, 9.17) is 0 Å². The zero-order chi connectivity index (χ0) is 23.6. The zero-order valence-corrected chi connectivity index (χ0v) is 25.0. The summed E-state index contributed by atoms with van der Waals surface area (Å²) in [6, 6.07) is 38.6. The minimum Gasteiger partial charge on any atom is -1.00 e. The second-order valence-electron chi connectivity index (χ2n) is 9.55. The van der Waals surface area contributed by atoms with Gasteiger partial charge in [0.05, 0.1) is 0 Å². The third-order valence-corrected chi connectivity index (χ3v) is 14.9. The van der Waals surface area contributed by atoms with Crippen LogP contribution in [-0.2, 0) is 27.7 Å². The van der Waals surface area contributed by atoms with E-state index in [0.29, 0.717) is 0 Å². The minimum absolute atomic E-state index is 0. The summed E-state index contributed by atoms with van der Waals surface area (Å²) >= 11 is -2.54. The second kappa shape index (κ2) is 12.5. The van der Waals surface area contributed by atoms with E-state index in [1.54, 1.807) is 15.3 Å². The molecule has 4 aromatic rings. The second-order valence-corrected chi connectivity index (χ2v) is 15.5. The van der Waals surface area contributed by atoms with Crippen LogP contribution < -0.4 is 28.1 Å². The van der Waals surface area contributed by atoms with E-state index < -0.39 is 21.3 Å². The monoisotopic (exact) mass is 598 g/mol. The van der Waals surface area contributed by atoms with E-state index >= 15 is 0 Å². The van der Waals surface area contributed by atoms with Crippen molar-refractivity contribution in [3.63, 3.8) is 0 Å². The summed E-state index contributed by atoms with van der Waals surface area (Å²) < 4.78 is 4.97. The first-order valence-corrected chi connectivity index (χ1v) is 16.5. The van der Waals surface area contributed by atoms with Crippen molar-refractivity contribution in [1.29, 1.82) is 0 Å². The van der Waals surface area contributed by atoms with Gasteiger partial charge >= 0.3 is 218 Å². The summed E-state index contributed by atoms with van der Waals surface area (Å²) in [5.41, 5.74) is 10.3. The molecule has 0 saturated carbocycles. The van der Waals surface area contributed by atoms with Crippen molar-refractivity contribution in [1.82, 2.24) is 0 Å². The number of rotatable bonds is 6. The Kier molecular flexibility index (Phi) is 9.36. The fraction of sp³-hybridized carbons (Fsp3) is 0.147. The predicted molar refractivity (Wildman–Crippen MR) is 146 cm³/mol. The summed E-state index contributed by atoms with van der Waals surface area (Å²) in [5, 5.41) is 0. The van der Waals surface area contributed by atoms with Crippen LogP contribution in [0.15, 0.2) is 124 Å². The first kappa shape index (κ1) is 27.7. The van der Waals surface area contributed by atoms with Gasteiger partial charge in [0.1, 0.15) is 0 Å². The van der Waals surface area contributed by atoms with Crippen LogP contribution in [0.3, 0.4) is 0 Å². The molecule has 0 aromatic heterocycles. The van der Waals surface area contributed by atoms with Gasteiger partial charge < -0.3 is 24.8 Å². The molecule has 0 fully saturated rings. The van der Waals surface area contributed by atoms with Crippen LogP contribution in [0, 0.1) is 0 Å². The molecule has 2 aliphatic carbocycles. The van der Waals surface area contributed by atoms with Crippen LogP contribution in [0.4, 0.5) is 0 Å². The molecule has 0 atom stereocenters. The van der Waals surface area contributed by atoms with Gasteiger partial charge in [-0.25, -0.2) is 0 Å². The van der Waals surface area contributed by atoms with Gasteiger partial charge in [-0.2, -0.15) is 0 Å². The van der Waals surface area contributed by atoms with Crippen molar-refractivity contribution in [2.24, 2.45) is 0 Å². The molecule has 6 rings (SSSR count). The van der Waals surface area contributed by atoms with Crippen LogP contribution in [0.2, 0.25) is 0 Å². The van der Waals surface area contributed by atoms with Gasteiger partial charge in [-0.3, -0.25) is 0 Å². The molecule has 0 radical (unpaired) electrons. The molecular weight excluding hydrogens is 571 g/mol. The first-order valence-electron chi connectivity index (χ1n) is 12.8. The molecule has 0 N–H and O–H groups in total. The average Bonchev–Trinajstić information content (AvgIpc) is 3.53. The predicted octanol–water partition coefficient (Wildman–Crippen LogP) is 1.79. The van der Waals surface area contributed by atoms with Gasteiger partial charge in [0.2, 0.25) is 0 Å². The van der Waals surface area contributed by atoms with Gasteiger partial charge in [0.15, 0.2) is 0 Å². The molecule has 2 aliphatic rings. The van der Waals surface area contributed by atoms with Gasteiger partial charge in [-0.1, -0.05) is 0 Å². The van der Waals surface area contributed by atoms with E-state index in [1.165, 1.54) is 46.2 Å². The number of benzene rings is 4. The number of allylic oxidation sites excluding steroid dienone is 4. The van der Waals surface area contributed by atoms with Crippen LogP contribution in [0.25, 0.3) is 11.1 Å². The molecule has 4 aromatic carbocycles. The first-order chi connectivity index (χ1) is 17.3. The molecule has 0 nitrogen and oxygen atoms in total. The third-order valence-electron chi connectivity index (χ3n) is 7.30. The molecule has 3 heteroatoms. The van der Waals surface area contributed by atoms with E-state index in [9.17, 15) is 0 Å². The summed E-state index contributed by atoms with van der Waals surface area (Å²) in [5.74, 6) is 0. The Labute approximate surface area is 241 Å². The summed E-state index contributed by atoms with van der Waals surface area (Å²) in [4.78, 5) is 0. The maximum Gasteiger partial charge on any atom is -1.00 e. The Morgan fingerprint density at radius 2 is 1.32 bits per heavy atom. The van der Waals surface area contributed by atoms with Crippen molar-refractivity contribution in [3.05, 3.63) is 146 Å². The van der Waals surface area contributed by atoms with E-state index in [-0.39, 0.29) is 24.8 Å². The Morgan fingerprint density at radius 3 is 2.00 bits per heavy atom. The van der Waals surface area contributed by atoms with Crippen LogP contribution >= 0.6 is 0 Å². The smallest absolute Gasteiger partial charge is 1.00 e. The molecule has 184 valence electrons. The van der Waals surface area contributed by atoms with Gasteiger partial charge in [-0.05, 0) is 0 Å². The third kappa shape index (κ3) is 5.47. The quantitative estimate of drug-likeness (QED) is 0.279. The molecule has 0 unspecified atom stereocenters. The number of hydrogen-bond acceptors (Lipinski definition) is 0. The fourth-order valence-corrected chi connectivity index (χ4v) is 13.8. The standard InChI is InChI=1S/C13H9.C13H10.C8H11.2ClH.Zr/c1-3-7-12-10(5-1)9-11-6-2-4-8-13(11)12;1-3-7-12(8-4-1)11-13-9-5-2-6-10-13;1-2-5-8-6-3-4-7-8;;;/h1-5,7-8H,9H2;1-10H;6-7H,2-3,5H2,1H3;2*1H;/q;;;;;+2/p-2. The van der Waals surface area contributed by atoms with Crippen molar-refractivity contribution in [3.8, 4) is 11.1 Å². The molecule has 0 aliphatic heterocycles. The number of fused-ring (bicyclic) bond motifs is 3. The van der Waals surface area contributed by atoms with Gasteiger partial charge in [0, 0.05) is 0 Å². The normalized spacial score (nSPS) is 12.6. The van der Waals surface area contributed by atoms with E-state index in [1.807, 2.05) is 0 Å². The molecule has 37 heavy (non-hydrogen) atoms. The Hall–Kier alpha value is -2.31. The maximum absolute atomic E-state index is 2.59. The topological polar surface area (TPSA) is 0 Å². The van der Waals surface area contributed by atoms with Gasteiger partial charge in [0.25, 0.3) is 0 Å². The Bertz CT molecular complexity index is 1440. The number of hydrogen-bond donors (Lipinski definition) is 0. The SMILES string of the molecule is CCCC1=CC[C]([Zr+2](=[C](c2ccccc2)c2ccccc2)[c]2cccc3c2Cc2ccccc2-3)=C1.[Cl-].[Cl-]. The van der Waals surface area contributed by atoms with Crippen LogP contribution in [0.5, 0.6) is 0 Å². The Balaban J connectivity index is 0.00000160. The maximum atomic E-state index is 2.59.